The van der Waals surface area contributed by atoms with Gasteiger partial charge in [-0.1, -0.05) is 27.2 Å². The smallest absolute Gasteiger partial charge is 0.324 e. The van der Waals surface area contributed by atoms with Crippen molar-refractivity contribution in [3.8, 4) is 0 Å². The Morgan fingerprint density at radius 3 is 2.35 bits per heavy atom. The fourth-order valence-corrected chi connectivity index (χ4v) is 1.78. The van der Waals surface area contributed by atoms with Crippen LogP contribution in [0.3, 0.4) is 0 Å². The number of rotatable bonds is 10. The summed E-state index contributed by atoms with van der Waals surface area (Å²) in [5.74, 6) is -0.763. The highest BCUT2D eigenvalue weighted by atomic mass is 16.4. The lowest BCUT2D eigenvalue weighted by Crippen LogP contribution is -2.57. The van der Waals surface area contributed by atoms with E-state index in [0.717, 1.165) is 38.9 Å². The molecule has 4 heteroatoms. The van der Waals surface area contributed by atoms with Gasteiger partial charge in [0, 0.05) is 6.54 Å². The lowest BCUT2D eigenvalue weighted by Gasteiger charge is -2.32. The van der Waals surface area contributed by atoms with E-state index in [2.05, 4.69) is 24.1 Å². The van der Waals surface area contributed by atoms with E-state index in [4.69, 9.17) is 0 Å². The second-order valence-corrected chi connectivity index (χ2v) is 4.79. The molecule has 102 valence electrons. The topological polar surface area (TPSA) is 52.6 Å². The van der Waals surface area contributed by atoms with Gasteiger partial charge in [0.25, 0.3) is 0 Å². The Hall–Kier alpha value is -0.610. The number of carboxylic acid groups (broad SMARTS) is 1. The molecule has 0 aromatic rings. The lowest BCUT2D eigenvalue weighted by molar-refractivity contribution is -0.145. The Morgan fingerprint density at radius 2 is 1.94 bits per heavy atom. The monoisotopic (exact) mass is 244 g/mol. The van der Waals surface area contributed by atoms with Crippen LogP contribution in [0.1, 0.15) is 47.0 Å². The molecule has 17 heavy (non-hydrogen) atoms. The zero-order valence-electron chi connectivity index (χ0n) is 11.8. The number of hydrogen-bond acceptors (Lipinski definition) is 3. The predicted octanol–water partition coefficient (Wildman–Crippen LogP) is 1.95. The minimum absolute atomic E-state index is 0.568. The van der Waals surface area contributed by atoms with Crippen molar-refractivity contribution in [2.24, 2.45) is 0 Å². The van der Waals surface area contributed by atoms with Crippen LogP contribution in [0.5, 0.6) is 0 Å². The summed E-state index contributed by atoms with van der Waals surface area (Å²) in [6, 6.07) is 0. The van der Waals surface area contributed by atoms with Crippen LogP contribution >= 0.6 is 0 Å². The van der Waals surface area contributed by atoms with Crippen molar-refractivity contribution in [2.75, 3.05) is 26.2 Å². The number of nitrogens with zero attached hydrogens (tertiary/aromatic N) is 1. The summed E-state index contributed by atoms with van der Waals surface area (Å²) in [5.41, 5.74) is -0.834. The standard InChI is InChI=1S/C13H28N2O2/c1-5-8-10-15(7-3)11-13(4,12(16)17)14-9-6-2/h14H,5-11H2,1-4H3,(H,16,17). The molecule has 4 nitrogen and oxygen atoms in total. The molecule has 0 radical (unpaired) electrons. The van der Waals surface area contributed by atoms with Crippen LogP contribution in [0.25, 0.3) is 0 Å². The van der Waals surface area contributed by atoms with Gasteiger partial charge in [-0.15, -0.1) is 0 Å². The average molecular weight is 244 g/mol. The summed E-state index contributed by atoms with van der Waals surface area (Å²) in [7, 11) is 0. The molecular formula is C13H28N2O2. The van der Waals surface area contributed by atoms with E-state index < -0.39 is 11.5 Å². The van der Waals surface area contributed by atoms with Crippen molar-refractivity contribution in [3.05, 3.63) is 0 Å². The summed E-state index contributed by atoms with van der Waals surface area (Å²) in [6.07, 6.45) is 3.21. The number of likely N-dealkylation sites (N-methyl/N-ethyl adjacent to an activating group) is 1. The summed E-state index contributed by atoms with van der Waals surface area (Å²) in [4.78, 5) is 13.6. The van der Waals surface area contributed by atoms with Gasteiger partial charge in [0.1, 0.15) is 5.54 Å². The van der Waals surface area contributed by atoms with Gasteiger partial charge in [0.15, 0.2) is 0 Å². The van der Waals surface area contributed by atoms with Gasteiger partial charge in [0.05, 0.1) is 0 Å². The van der Waals surface area contributed by atoms with Crippen molar-refractivity contribution in [3.63, 3.8) is 0 Å². The minimum atomic E-state index is -0.834. The Kier molecular flexibility index (Phi) is 8.17. The highest BCUT2D eigenvalue weighted by Crippen LogP contribution is 2.09. The number of nitrogens with one attached hydrogen (secondary N) is 1. The number of unbranched alkanes of at least 4 members (excludes halogenated alkanes) is 1. The number of carboxylic acids is 1. The second kappa shape index (κ2) is 8.48. The van der Waals surface area contributed by atoms with Gasteiger partial charge in [-0.3, -0.25) is 4.79 Å². The Morgan fingerprint density at radius 1 is 1.29 bits per heavy atom. The molecular weight excluding hydrogens is 216 g/mol. The molecule has 0 aliphatic carbocycles. The lowest BCUT2D eigenvalue weighted by atomic mass is 10.0. The first kappa shape index (κ1) is 16.4. The van der Waals surface area contributed by atoms with Gasteiger partial charge in [-0.05, 0) is 39.4 Å². The number of carbonyl (C=O) groups is 1. The molecule has 0 saturated carbocycles. The van der Waals surface area contributed by atoms with E-state index in [9.17, 15) is 9.90 Å². The zero-order chi connectivity index (χ0) is 13.3. The van der Waals surface area contributed by atoms with Crippen LogP contribution in [-0.4, -0.2) is 47.7 Å². The van der Waals surface area contributed by atoms with Crippen LogP contribution in [0, 0.1) is 0 Å². The molecule has 0 rings (SSSR count). The summed E-state index contributed by atoms with van der Waals surface area (Å²) in [6.45, 7) is 11.2. The molecule has 0 aromatic carbocycles. The van der Waals surface area contributed by atoms with Crippen molar-refractivity contribution in [2.45, 2.75) is 52.5 Å². The predicted molar refractivity (Wildman–Crippen MR) is 71.4 cm³/mol. The van der Waals surface area contributed by atoms with Gasteiger partial charge in [-0.25, -0.2) is 0 Å². The first-order chi connectivity index (χ1) is 8.00. The molecule has 2 N–H and O–H groups in total. The Balaban J connectivity index is 4.43. The highest BCUT2D eigenvalue weighted by molar-refractivity contribution is 5.78. The second-order valence-electron chi connectivity index (χ2n) is 4.79. The quantitative estimate of drug-likeness (QED) is 0.617. The maximum absolute atomic E-state index is 11.4. The van der Waals surface area contributed by atoms with Gasteiger partial charge in [0.2, 0.25) is 0 Å². The molecule has 0 fully saturated rings. The van der Waals surface area contributed by atoms with E-state index >= 15 is 0 Å². The van der Waals surface area contributed by atoms with Gasteiger partial charge < -0.3 is 15.3 Å². The van der Waals surface area contributed by atoms with Gasteiger partial charge in [-0.2, -0.15) is 0 Å². The van der Waals surface area contributed by atoms with E-state index in [-0.39, 0.29) is 0 Å². The molecule has 0 aromatic heterocycles. The third-order valence-corrected chi connectivity index (χ3v) is 3.05. The number of hydrogen-bond donors (Lipinski definition) is 2. The molecule has 0 spiro atoms. The van der Waals surface area contributed by atoms with Crippen molar-refractivity contribution in [1.82, 2.24) is 10.2 Å². The van der Waals surface area contributed by atoms with Crippen molar-refractivity contribution >= 4 is 5.97 Å². The zero-order valence-corrected chi connectivity index (χ0v) is 11.8. The fraction of sp³-hybridized carbons (Fsp3) is 0.923. The van der Waals surface area contributed by atoms with Crippen LogP contribution in [-0.2, 0) is 4.79 Å². The van der Waals surface area contributed by atoms with Gasteiger partial charge >= 0.3 is 5.97 Å². The number of aliphatic carboxylic acids is 1. The van der Waals surface area contributed by atoms with Crippen LogP contribution < -0.4 is 5.32 Å². The SMILES string of the molecule is CCCCN(CC)CC(C)(NCCC)C(=O)O. The molecule has 0 amide bonds. The third kappa shape index (κ3) is 6.03. The van der Waals surface area contributed by atoms with Crippen LogP contribution in [0.2, 0.25) is 0 Å². The minimum Gasteiger partial charge on any atom is -0.480 e. The van der Waals surface area contributed by atoms with E-state index in [1.807, 2.05) is 6.92 Å². The van der Waals surface area contributed by atoms with E-state index in [1.165, 1.54) is 0 Å². The molecule has 1 unspecified atom stereocenters. The largest absolute Gasteiger partial charge is 0.480 e. The van der Waals surface area contributed by atoms with Crippen molar-refractivity contribution in [1.29, 1.82) is 0 Å². The third-order valence-electron chi connectivity index (χ3n) is 3.05. The first-order valence-electron chi connectivity index (χ1n) is 6.70. The maximum atomic E-state index is 11.4. The summed E-state index contributed by atoms with van der Waals surface area (Å²) >= 11 is 0. The summed E-state index contributed by atoms with van der Waals surface area (Å²) < 4.78 is 0. The van der Waals surface area contributed by atoms with E-state index in [1.54, 1.807) is 6.92 Å². The fourth-order valence-electron chi connectivity index (χ4n) is 1.78. The van der Waals surface area contributed by atoms with Crippen LogP contribution in [0.4, 0.5) is 0 Å². The van der Waals surface area contributed by atoms with E-state index in [0.29, 0.717) is 6.54 Å². The van der Waals surface area contributed by atoms with Crippen LogP contribution in [0.15, 0.2) is 0 Å². The summed E-state index contributed by atoms with van der Waals surface area (Å²) in [5, 5.41) is 12.5. The highest BCUT2D eigenvalue weighted by Gasteiger charge is 2.33. The van der Waals surface area contributed by atoms with Crippen molar-refractivity contribution < 1.29 is 9.90 Å². The molecule has 0 aliphatic heterocycles. The molecule has 0 heterocycles. The maximum Gasteiger partial charge on any atom is 0.324 e. The molecule has 0 bridgehead atoms. The first-order valence-corrected chi connectivity index (χ1v) is 6.70. The Bertz CT molecular complexity index is 221. The molecule has 0 saturated heterocycles. The average Bonchev–Trinajstić information content (AvgIpc) is 2.31. The normalized spacial score (nSPS) is 14.9. The molecule has 1 atom stereocenters. The Labute approximate surface area is 105 Å². The molecule has 0 aliphatic rings.